The molecule has 0 unspecified atom stereocenters. The zero-order valence-electron chi connectivity index (χ0n) is 17.9. The number of benzene rings is 2. The van der Waals surface area contributed by atoms with Crippen molar-refractivity contribution < 1.29 is 9.53 Å². The topological polar surface area (TPSA) is 68.2 Å². The molecule has 5 aromatic rings. The summed E-state index contributed by atoms with van der Waals surface area (Å²) in [6.45, 7) is 0.762. The lowest BCUT2D eigenvalue weighted by atomic mass is 10.0. The average molecular weight is 473 g/mol. The molecule has 1 aliphatic rings. The summed E-state index contributed by atoms with van der Waals surface area (Å²) in [6.07, 6.45) is 3.59. The number of aromatic nitrogens is 3. The van der Waals surface area contributed by atoms with Gasteiger partial charge in [-0.3, -0.25) is 4.79 Å². The highest BCUT2D eigenvalue weighted by molar-refractivity contribution is 8.00. The number of carbonyl (C=O) groups is 1. The molecule has 1 aliphatic heterocycles. The van der Waals surface area contributed by atoms with Gasteiger partial charge in [0.1, 0.15) is 21.9 Å². The van der Waals surface area contributed by atoms with Crippen molar-refractivity contribution in [3.63, 3.8) is 0 Å². The predicted molar refractivity (Wildman–Crippen MR) is 135 cm³/mol. The molecule has 1 amide bonds. The second-order valence-electron chi connectivity index (χ2n) is 7.92. The first-order chi connectivity index (χ1) is 16.2. The second-order valence-corrected chi connectivity index (χ2v) is 9.89. The highest BCUT2D eigenvalue weighted by atomic mass is 32.2. The molecule has 0 aliphatic carbocycles. The van der Waals surface area contributed by atoms with Crippen molar-refractivity contribution in [3.05, 3.63) is 60.4 Å². The minimum atomic E-state index is 0.107. The Balaban J connectivity index is 1.33. The predicted octanol–water partition coefficient (Wildman–Crippen LogP) is 5.47. The van der Waals surface area contributed by atoms with Gasteiger partial charge in [0, 0.05) is 23.0 Å². The van der Waals surface area contributed by atoms with Crippen LogP contribution in [0.2, 0.25) is 0 Å². The number of hydrogen-bond acceptors (Lipinski definition) is 7. The van der Waals surface area contributed by atoms with E-state index in [1.165, 1.54) is 17.3 Å². The monoisotopic (exact) mass is 472 g/mol. The Bertz CT molecular complexity index is 1530. The molecular formula is C25H20N4O2S2. The Morgan fingerprint density at radius 3 is 3.00 bits per heavy atom. The average Bonchev–Trinajstić information content (AvgIpc) is 3.23. The van der Waals surface area contributed by atoms with Crippen LogP contribution in [0.15, 0.2) is 59.9 Å². The lowest BCUT2D eigenvalue weighted by molar-refractivity contribution is -0.116. The van der Waals surface area contributed by atoms with Crippen LogP contribution in [0.25, 0.3) is 31.3 Å². The maximum absolute atomic E-state index is 13.1. The molecule has 6 rings (SSSR count). The van der Waals surface area contributed by atoms with Crippen LogP contribution in [0.5, 0.6) is 5.75 Å². The van der Waals surface area contributed by atoms with Gasteiger partial charge in [0.25, 0.3) is 0 Å². The minimum absolute atomic E-state index is 0.107. The first kappa shape index (κ1) is 20.4. The molecule has 33 heavy (non-hydrogen) atoms. The van der Waals surface area contributed by atoms with Gasteiger partial charge in [-0.05, 0) is 48.7 Å². The summed E-state index contributed by atoms with van der Waals surface area (Å²) in [5, 5.41) is 2.83. The lowest BCUT2D eigenvalue weighted by Gasteiger charge is -2.29. The van der Waals surface area contributed by atoms with Gasteiger partial charge in [0.2, 0.25) is 5.91 Å². The molecule has 164 valence electrons. The normalized spacial score (nSPS) is 13.5. The van der Waals surface area contributed by atoms with E-state index in [0.29, 0.717) is 5.75 Å². The van der Waals surface area contributed by atoms with Crippen molar-refractivity contribution in [2.45, 2.75) is 17.9 Å². The quantitative estimate of drug-likeness (QED) is 0.255. The van der Waals surface area contributed by atoms with Crippen molar-refractivity contribution in [3.8, 4) is 5.75 Å². The van der Waals surface area contributed by atoms with E-state index < -0.39 is 0 Å². The number of anilines is 1. The number of nitrogens with zero attached hydrogens (tertiary/aromatic N) is 4. The number of ether oxygens (including phenoxy) is 1. The van der Waals surface area contributed by atoms with Crippen LogP contribution in [0.3, 0.4) is 0 Å². The Labute approximate surface area is 198 Å². The number of aryl methyl sites for hydroxylation is 1. The molecule has 4 heterocycles. The Kier molecular flexibility index (Phi) is 5.11. The number of thioether (sulfide) groups is 1. The SMILES string of the molecule is COc1ccc2nc3sc4c(SCC(=O)N5CCCc6ccccc65)ncnc4c3cc2c1. The minimum Gasteiger partial charge on any atom is -0.497 e. The maximum atomic E-state index is 13.1. The highest BCUT2D eigenvalue weighted by Crippen LogP contribution is 2.38. The van der Waals surface area contributed by atoms with E-state index in [9.17, 15) is 4.79 Å². The van der Waals surface area contributed by atoms with E-state index in [1.54, 1.807) is 24.8 Å². The van der Waals surface area contributed by atoms with Crippen LogP contribution >= 0.6 is 23.1 Å². The smallest absolute Gasteiger partial charge is 0.237 e. The van der Waals surface area contributed by atoms with Gasteiger partial charge in [-0.1, -0.05) is 30.0 Å². The maximum Gasteiger partial charge on any atom is 0.237 e. The third kappa shape index (κ3) is 3.59. The fourth-order valence-corrected chi connectivity index (χ4v) is 6.42. The van der Waals surface area contributed by atoms with E-state index >= 15 is 0 Å². The zero-order valence-corrected chi connectivity index (χ0v) is 19.6. The molecule has 0 saturated carbocycles. The van der Waals surface area contributed by atoms with Crippen molar-refractivity contribution in [2.75, 3.05) is 24.3 Å². The molecule has 0 radical (unpaired) electrons. The molecule has 0 bridgehead atoms. The van der Waals surface area contributed by atoms with Crippen molar-refractivity contribution in [1.29, 1.82) is 0 Å². The summed E-state index contributed by atoms with van der Waals surface area (Å²) in [6, 6.07) is 16.2. The molecule has 0 saturated heterocycles. The Hall–Kier alpha value is -3.23. The molecule has 6 nitrogen and oxygen atoms in total. The van der Waals surface area contributed by atoms with Crippen molar-refractivity contribution in [1.82, 2.24) is 15.0 Å². The number of methoxy groups -OCH3 is 1. The van der Waals surface area contributed by atoms with Gasteiger partial charge in [-0.15, -0.1) is 11.3 Å². The molecule has 3 aromatic heterocycles. The standard InChI is InChI=1S/C25H20N4O2S2/c1-31-17-8-9-19-16(11-17)12-18-22-23(33-24(18)28-19)25(27-14-26-22)32-13-21(30)29-10-4-6-15-5-2-3-7-20(15)29/h2-3,5,7-9,11-12,14H,4,6,10,13H2,1H3. The molecule has 0 fully saturated rings. The van der Waals surface area contributed by atoms with E-state index in [1.807, 2.05) is 41.3 Å². The number of pyridine rings is 1. The summed E-state index contributed by atoms with van der Waals surface area (Å²) in [5.41, 5.74) is 4.07. The molecule has 0 N–H and O–H groups in total. The third-order valence-corrected chi connectivity index (χ3v) is 8.15. The zero-order chi connectivity index (χ0) is 22.4. The molecule has 2 aromatic carbocycles. The van der Waals surface area contributed by atoms with Gasteiger partial charge in [0.05, 0.1) is 28.6 Å². The summed E-state index contributed by atoms with van der Waals surface area (Å²) in [7, 11) is 1.66. The van der Waals surface area contributed by atoms with Crippen LogP contribution < -0.4 is 9.64 Å². The van der Waals surface area contributed by atoms with Gasteiger partial charge >= 0.3 is 0 Å². The van der Waals surface area contributed by atoms with Gasteiger partial charge < -0.3 is 9.64 Å². The molecule has 0 atom stereocenters. The van der Waals surface area contributed by atoms with Crippen LogP contribution in [0.4, 0.5) is 5.69 Å². The Morgan fingerprint density at radius 2 is 2.09 bits per heavy atom. The number of fused-ring (bicyclic) bond motifs is 5. The first-order valence-corrected chi connectivity index (χ1v) is 12.5. The summed E-state index contributed by atoms with van der Waals surface area (Å²) < 4.78 is 6.33. The van der Waals surface area contributed by atoms with E-state index in [0.717, 1.165) is 67.2 Å². The van der Waals surface area contributed by atoms with Crippen LogP contribution in [-0.4, -0.2) is 40.3 Å². The lowest BCUT2D eigenvalue weighted by Crippen LogP contribution is -2.36. The number of hydrogen-bond donors (Lipinski definition) is 0. The first-order valence-electron chi connectivity index (χ1n) is 10.7. The highest BCUT2D eigenvalue weighted by Gasteiger charge is 2.23. The molecule has 0 spiro atoms. The fraction of sp³-hybridized carbons (Fsp3) is 0.200. The summed E-state index contributed by atoms with van der Waals surface area (Å²) >= 11 is 3.05. The van der Waals surface area contributed by atoms with Crippen LogP contribution in [0, 0.1) is 0 Å². The van der Waals surface area contributed by atoms with Crippen LogP contribution in [0.1, 0.15) is 12.0 Å². The van der Waals surface area contributed by atoms with Crippen LogP contribution in [-0.2, 0) is 11.2 Å². The summed E-state index contributed by atoms with van der Waals surface area (Å²) in [4.78, 5) is 29.8. The fourth-order valence-electron chi connectivity index (χ4n) is 4.35. The number of para-hydroxylation sites is 1. The van der Waals surface area contributed by atoms with Gasteiger partial charge in [0.15, 0.2) is 0 Å². The van der Waals surface area contributed by atoms with E-state index in [2.05, 4.69) is 22.1 Å². The number of amides is 1. The molecule has 8 heteroatoms. The van der Waals surface area contributed by atoms with Crippen molar-refractivity contribution >= 4 is 66.0 Å². The molecular weight excluding hydrogens is 452 g/mol. The van der Waals surface area contributed by atoms with E-state index in [4.69, 9.17) is 9.72 Å². The second kappa shape index (κ2) is 8.28. The largest absolute Gasteiger partial charge is 0.497 e. The third-order valence-electron chi connectivity index (χ3n) is 5.96. The Morgan fingerprint density at radius 1 is 1.18 bits per heavy atom. The van der Waals surface area contributed by atoms with Gasteiger partial charge in [-0.25, -0.2) is 15.0 Å². The van der Waals surface area contributed by atoms with Gasteiger partial charge in [-0.2, -0.15) is 0 Å². The summed E-state index contributed by atoms with van der Waals surface area (Å²) in [5.74, 6) is 1.24. The number of rotatable bonds is 4. The number of carbonyl (C=O) groups excluding carboxylic acids is 1. The number of thiophene rings is 1. The van der Waals surface area contributed by atoms with E-state index in [-0.39, 0.29) is 5.91 Å². The van der Waals surface area contributed by atoms with Crippen molar-refractivity contribution in [2.24, 2.45) is 0 Å².